The summed E-state index contributed by atoms with van der Waals surface area (Å²) in [7, 11) is 0.0223. The lowest BCUT2D eigenvalue weighted by Gasteiger charge is -2.18. The van der Waals surface area contributed by atoms with Crippen molar-refractivity contribution in [2.24, 2.45) is 0 Å². The number of fused-ring (bicyclic) bond motifs is 1. The molecule has 0 N–H and O–H groups in total. The highest BCUT2D eigenvalue weighted by Gasteiger charge is 2.28. The van der Waals surface area contributed by atoms with Crippen molar-refractivity contribution in [3.05, 3.63) is 36.4 Å². The predicted octanol–water partition coefficient (Wildman–Crippen LogP) is 3.25. The van der Waals surface area contributed by atoms with Crippen LogP contribution in [0, 0.1) is 11.5 Å². The van der Waals surface area contributed by atoms with E-state index < -0.39 is 8.07 Å². The van der Waals surface area contributed by atoms with Crippen LogP contribution in [0.4, 0.5) is 0 Å². The first-order valence-electron chi connectivity index (χ1n) is 6.66. The second-order valence-corrected chi connectivity index (χ2v) is 10.9. The highest BCUT2D eigenvalue weighted by molar-refractivity contribution is 6.88. The van der Waals surface area contributed by atoms with Crippen LogP contribution in [0.1, 0.15) is 5.56 Å². The zero-order chi connectivity index (χ0) is 14.9. The van der Waals surface area contributed by atoms with Gasteiger partial charge in [-0.1, -0.05) is 25.7 Å². The van der Waals surface area contributed by atoms with E-state index in [4.69, 9.17) is 4.74 Å². The summed E-state index contributed by atoms with van der Waals surface area (Å²) in [6, 6.07) is 5.89. The second-order valence-electron chi connectivity index (χ2n) is 5.89. The standard InChI is InChI=1S/C16H20N2OSi/c1-6-7-13-14-10-12(19-2)8-9-15(14)18(11-17)16(13)20(3,4)5/h6,8-10H,1,7H2,2-5H3. The molecule has 0 fully saturated rings. The van der Waals surface area contributed by atoms with Gasteiger partial charge in [0.1, 0.15) is 13.8 Å². The molecule has 1 heterocycles. The quantitative estimate of drug-likeness (QED) is 0.638. The minimum absolute atomic E-state index is 0.776. The van der Waals surface area contributed by atoms with Gasteiger partial charge in [-0.05, 0) is 30.2 Å². The van der Waals surface area contributed by atoms with Crippen LogP contribution in [0.5, 0.6) is 5.75 Å². The van der Waals surface area contributed by atoms with Crippen molar-refractivity contribution in [1.29, 1.82) is 5.26 Å². The normalized spacial score (nSPS) is 11.3. The average Bonchev–Trinajstić information content (AvgIpc) is 2.72. The van der Waals surface area contributed by atoms with Gasteiger partial charge in [0.15, 0.2) is 6.19 Å². The third-order valence-corrected chi connectivity index (χ3v) is 5.38. The summed E-state index contributed by atoms with van der Waals surface area (Å²) in [5, 5.41) is 11.8. The molecule has 4 heteroatoms. The number of nitrogens with zero attached hydrogens (tertiary/aromatic N) is 2. The smallest absolute Gasteiger partial charge is 0.188 e. The van der Waals surface area contributed by atoms with Crippen LogP contribution in [0.25, 0.3) is 10.9 Å². The van der Waals surface area contributed by atoms with Crippen molar-refractivity contribution >= 4 is 24.3 Å². The molecule has 1 aromatic carbocycles. The number of nitriles is 1. The van der Waals surface area contributed by atoms with Gasteiger partial charge in [-0.2, -0.15) is 5.26 Å². The summed E-state index contributed by atoms with van der Waals surface area (Å²) in [4.78, 5) is 0. The molecule has 2 rings (SSSR count). The number of hydrogen-bond acceptors (Lipinski definition) is 2. The first kappa shape index (κ1) is 14.4. The maximum Gasteiger partial charge on any atom is 0.188 e. The minimum atomic E-state index is -1.64. The zero-order valence-electron chi connectivity index (χ0n) is 12.5. The Kier molecular flexibility index (Phi) is 3.73. The molecule has 20 heavy (non-hydrogen) atoms. The Hall–Kier alpha value is -1.99. The van der Waals surface area contributed by atoms with Gasteiger partial charge in [0, 0.05) is 10.7 Å². The summed E-state index contributed by atoms with van der Waals surface area (Å²) in [5.74, 6) is 0.819. The highest BCUT2D eigenvalue weighted by Crippen LogP contribution is 2.27. The number of methoxy groups -OCH3 is 1. The molecule has 0 saturated heterocycles. The van der Waals surface area contributed by atoms with E-state index in [1.807, 2.05) is 24.3 Å². The molecule has 2 aromatic rings. The van der Waals surface area contributed by atoms with Crippen LogP contribution < -0.4 is 10.1 Å². The van der Waals surface area contributed by atoms with E-state index >= 15 is 0 Å². The lowest BCUT2D eigenvalue weighted by Crippen LogP contribution is -2.44. The Morgan fingerprint density at radius 1 is 1.40 bits per heavy atom. The number of rotatable bonds is 4. The van der Waals surface area contributed by atoms with E-state index in [0.29, 0.717) is 0 Å². The summed E-state index contributed by atoms with van der Waals surface area (Å²) < 4.78 is 7.11. The molecule has 0 spiro atoms. The zero-order valence-corrected chi connectivity index (χ0v) is 13.5. The maximum absolute atomic E-state index is 9.57. The highest BCUT2D eigenvalue weighted by atomic mass is 28.3. The van der Waals surface area contributed by atoms with Gasteiger partial charge in [-0.15, -0.1) is 6.58 Å². The van der Waals surface area contributed by atoms with E-state index in [9.17, 15) is 5.26 Å². The molecule has 0 aliphatic heterocycles. The van der Waals surface area contributed by atoms with Gasteiger partial charge in [-0.3, -0.25) is 4.57 Å². The minimum Gasteiger partial charge on any atom is -0.497 e. The molecule has 0 radical (unpaired) electrons. The third-order valence-electron chi connectivity index (χ3n) is 3.44. The molecule has 0 saturated carbocycles. The van der Waals surface area contributed by atoms with Crippen molar-refractivity contribution in [1.82, 2.24) is 4.57 Å². The van der Waals surface area contributed by atoms with E-state index in [1.165, 1.54) is 10.9 Å². The molecule has 0 unspecified atom stereocenters. The van der Waals surface area contributed by atoms with E-state index in [0.717, 1.165) is 23.1 Å². The number of ether oxygens (including phenoxy) is 1. The first-order valence-corrected chi connectivity index (χ1v) is 10.2. The van der Waals surface area contributed by atoms with Gasteiger partial charge in [-0.25, -0.2) is 0 Å². The molecule has 0 aliphatic rings. The fraction of sp³-hybridized carbons (Fsp3) is 0.312. The van der Waals surface area contributed by atoms with Gasteiger partial charge >= 0.3 is 0 Å². The predicted molar refractivity (Wildman–Crippen MR) is 86.4 cm³/mol. The van der Waals surface area contributed by atoms with Crippen LogP contribution in [0.15, 0.2) is 30.9 Å². The summed E-state index contributed by atoms with van der Waals surface area (Å²) in [5.41, 5.74) is 2.18. The number of hydrogen-bond donors (Lipinski definition) is 0. The van der Waals surface area contributed by atoms with Crippen molar-refractivity contribution in [3.63, 3.8) is 0 Å². The lowest BCUT2D eigenvalue weighted by atomic mass is 10.1. The SMILES string of the molecule is C=CCc1c([Si](C)(C)C)n(C#N)c2ccc(OC)cc12. The largest absolute Gasteiger partial charge is 0.497 e. The molecule has 1 aromatic heterocycles. The second kappa shape index (κ2) is 5.18. The van der Waals surface area contributed by atoms with Crippen molar-refractivity contribution in [3.8, 4) is 11.9 Å². The van der Waals surface area contributed by atoms with Crippen LogP contribution in [0.3, 0.4) is 0 Å². The van der Waals surface area contributed by atoms with Gasteiger partial charge in [0.25, 0.3) is 0 Å². The van der Waals surface area contributed by atoms with E-state index in [1.54, 1.807) is 11.7 Å². The third kappa shape index (κ3) is 2.25. The Balaban J connectivity index is 2.92. The average molecular weight is 284 g/mol. The summed E-state index contributed by atoms with van der Waals surface area (Å²) in [6.07, 6.45) is 5.02. The monoisotopic (exact) mass is 284 g/mol. The van der Waals surface area contributed by atoms with Crippen molar-refractivity contribution in [2.75, 3.05) is 7.11 Å². The summed E-state index contributed by atoms with van der Waals surface area (Å²) >= 11 is 0. The molecule has 0 aliphatic carbocycles. The Morgan fingerprint density at radius 3 is 2.60 bits per heavy atom. The molecule has 3 nitrogen and oxygen atoms in total. The van der Waals surface area contributed by atoms with Gasteiger partial charge < -0.3 is 4.74 Å². The Bertz CT molecular complexity index is 702. The molecular weight excluding hydrogens is 264 g/mol. The van der Waals surface area contributed by atoms with Gasteiger partial charge in [0.05, 0.1) is 12.6 Å². The van der Waals surface area contributed by atoms with Crippen molar-refractivity contribution < 1.29 is 4.74 Å². The van der Waals surface area contributed by atoms with Crippen LogP contribution in [-0.4, -0.2) is 19.8 Å². The number of aromatic nitrogens is 1. The fourth-order valence-electron chi connectivity index (χ4n) is 2.70. The first-order chi connectivity index (χ1) is 9.43. The Morgan fingerprint density at radius 2 is 2.10 bits per heavy atom. The summed E-state index contributed by atoms with van der Waals surface area (Å²) in [6.45, 7) is 10.6. The molecule has 0 atom stereocenters. The van der Waals surface area contributed by atoms with E-state index in [2.05, 4.69) is 32.4 Å². The number of benzene rings is 1. The van der Waals surface area contributed by atoms with Gasteiger partial charge in [0.2, 0.25) is 0 Å². The van der Waals surface area contributed by atoms with Crippen LogP contribution in [0.2, 0.25) is 19.6 Å². The van der Waals surface area contributed by atoms with E-state index in [-0.39, 0.29) is 0 Å². The molecule has 0 bridgehead atoms. The van der Waals surface area contributed by atoms with Crippen LogP contribution >= 0.6 is 0 Å². The Labute approximate surface area is 121 Å². The van der Waals surface area contributed by atoms with Crippen molar-refractivity contribution in [2.45, 2.75) is 26.1 Å². The topological polar surface area (TPSA) is 38.0 Å². The molecule has 0 amide bonds. The molecular formula is C16H20N2OSi. The fourth-order valence-corrected chi connectivity index (χ4v) is 4.69. The maximum atomic E-state index is 9.57. The van der Waals surface area contributed by atoms with Crippen LogP contribution in [-0.2, 0) is 6.42 Å². The molecule has 104 valence electrons. The lowest BCUT2D eigenvalue weighted by molar-refractivity contribution is 0.415. The number of allylic oxidation sites excluding steroid dienone is 1.